The van der Waals surface area contributed by atoms with Crippen LogP contribution in [0, 0.1) is 5.92 Å². The first-order valence-corrected chi connectivity index (χ1v) is 10.8. The number of carbonyl (C=O) groups is 3. The number of ether oxygens (including phenoxy) is 1. The summed E-state index contributed by atoms with van der Waals surface area (Å²) in [6.45, 7) is 1.53. The fourth-order valence-electron chi connectivity index (χ4n) is 4.14. The molecule has 6 heteroatoms. The number of rotatable bonds is 5. The molecule has 0 spiro atoms. The number of esters is 1. The van der Waals surface area contributed by atoms with Gasteiger partial charge in [0.15, 0.2) is 0 Å². The van der Waals surface area contributed by atoms with Crippen molar-refractivity contribution < 1.29 is 19.1 Å². The van der Waals surface area contributed by atoms with Gasteiger partial charge in [-0.2, -0.15) is 0 Å². The Kier molecular flexibility index (Phi) is 6.50. The van der Waals surface area contributed by atoms with E-state index >= 15 is 0 Å². The highest BCUT2D eigenvalue weighted by molar-refractivity contribution is 6.07. The zero-order valence-electron chi connectivity index (χ0n) is 18.0. The number of nitrogens with one attached hydrogen (secondary N) is 1. The van der Waals surface area contributed by atoms with Crippen LogP contribution in [0.2, 0.25) is 0 Å². The van der Waals surface area contributed by atoms with Crippen LogP contribution in [0.4, 0.5) is 0 Å². The lowest BCUT2D eigenvalue weighted by Gasteiger charge is -2.31. The molecule has 1 heterocycles. The Hall–Kier alpha value is -3.67. The number of nitrogens with zero attached hydrogens (tertiary/aromatic N) is 1. The van der Waals surface area contributed by atoms with E-state index in [9.17, 15) is 14.4 Å². The van der Waals surface area contributed by atoms with Gasteiger partial charge in [-0.25, -0.2) is 4.79 Å². The van der Waals surface area contributed by atoms with E-state index < -0.39 is 0 Å². The molecule has 0 atom stereocenters. The van der Waals surface area contributed by atoms with Gasteiger partial charge in [-0.3, -0.25) is 9.59 Å². The van der Waals surface area contributed by atoms with Gasteiger partial charge in [0.25, 0.3) is 5.91 Å². The summed E-state index contributed by atoms with van der Waals surface area (Å²) in [6, 6.07) is 20.7. The van der Waals surface area contributed by atoms with Crippen LogP contribution in [-0.4, -0.2) is 42.9 Å². The number of benzene rings is 3. The summed E-state index contributed by atoms with van der Waals surface area (Å²) in [6.07, 6.45) is 1.28. The maximum Gasteiger partial charge on any atom is 0.337 e. The van der Waals surface area contributed by atoms with Crippen molar-refractivity contribution in [1.82, 2.24) is 10.2 Å². The zero-order valence-corrected chi connectivity index (χ0v) is 18.0. The summed E-state index contributed by atoms with van der Waals surface area (Å²) in [4.78, 5) is 39.1. The topological polar surface area (TPSA) is 75.7 Å². The molecule has 0 unspecified atom stereocenters. The minimum Gasteiger partial charge on any atom is -0.465 e. The minimum absolute atomic E-state index is 0.000644. The van der Waals surface area contributed by atoms with Crippen molar-refractivity contribution in [3.05, 3.63) is 83.4 Å². The molecule has 3 aromatic carbocycles. The number of methoxy groups -OCH3 is 1. The number of piperidine rings is 1. The molecule has 0 bridgehead atoms. The molecule has 1 fully saturated rings. The van der Waals surface area contributed by atoms with Gasteiger partial charge in [0.05, 0.1) is 12.7 Å². The molecule has 6 nitrogen and oxygen atoms in total. The second kappa shape index (κ2) is 9.64. The number of carbonyl (C=O) groups excluding carboxylic acids is 3. The van der Waals surface area contributed by atoms with Gasteiger partial charge in [0.1, 0.15) is 0 Å². The third-order valence-corrected chi connectivity index (χ3v) is 6.01. The molecule has 1 aliphatic heterocycles. The van der Waals surface area contributed by atoms with Gasteiger partial charge in [-0.1, -0.05) is 48.5 Å². The molecule has 4 rings (SSSR count). The van der Waals surface area contributed by atoms with Crippen LogP contribution in [0.5, 0.6) is 0 Å². The predicted octanol–water partition coefficient (Wildman–Crippen LogP) is 3.80. The lowest BCUT2D eigenvalue weighted by atomic mass is 9.94. The molecular weight excluding hydrogens is 404 g/mol. The Bertz CT molecular complexity index is 1130. The van der Waals surface area contributed by atoms with Crippen LogP contribution in [0.1, 0.15) is 39.1 Å². The predicted molar refractivity (Wildman–Crippen MR) is 122 cm³/mol. The van der Waals surface area contributed by atoms with E-state index in [-0.39, 0.29) is 23.7 Å². The van der Waals surface area contributed by atoms with Crippen LogP contribution in [0.3, 0.4) is 0 Å². The van der Waals surface area contributed by atoms with E-state index in [1.165, 1.54) is 7.11 Å². The third-order valence-electron chi connectivity index (χ3n) is 6.01. The summed E-state index contributed by atoms with van der Waals surface area (Å²) in [5.74, 6) is -0.475. The minimum atomic E-state index is -0.384. The fourth-order valence-corrected chi connectivity index (χ4v) is 4.14. The Balaban J connectivity index is 1.31. The van der Waals surface area contributed by atoms with Gasteiger partial charge in [0.2, 0.25) is 5.91 Å². The first-order valence-electron chi connectivity index (χ1n) is 10.8. The average Bonchev–Trinajstić information content (AvgIpc) is 2.86. The highest BCUT2D eigenvalue weighted by Crippen LogP contribution is 2.24. The maximum atomic E-state index is 13.1. The van der Waals surface area contributed by atoms with E-state index in [0.717, 1.165) is 16.3 Å². The molecule has 3 aromatic rings. The molecule has 1 saturated heterocycles. The van der Waals surface area contributed by atoms with Crippen LogP contribution in [0.25, 0.3) is 10.8 Å². The molecular formula is C26H26N2O4. The lowest BCUT2D eigenvalue weighted by Crippen LogP contribution is -2.43. The standard InChI is InChI=1S/C26H26N2O4/c1-32-26(31)21-11-9-18(10-12-21)17-27-24(29)20-13-15-28(16-14-20)25(30)23-8-4-6-19-5-2-3-7-22(19)23/h2-12,20H,13-17H2,1H3,(H,27,29). The van der Waals surface area contributed by atoms with E-state index in [0.29, 0.717) is 43.6 Å². The number of hydrogen-bond acceptors (Lipinski definition) is 4. The van der Waals surface area contributed by atoms with Crippen LogP contribution < -0.4 is 5.32 Å². The number of fused-ring (bicyclic) bond motifs is 1. The van der Waals surface area contributed by atoms with E-state index in [1.807, 2.05) is 47.4 Å². The number of hydrogen-bond donors (Lipinski definition) is 1. The average molecular weight is 431 g/mol. The van der Waals surface area contributed by atoms with E-state index in [4.69, 9.17) is 4.74 Å². The molecule has 32 heavy (non-hydrogen) atoms. The van der Waals surface area contributed by atoms with Crippen molar-refractivity contribution in [2.75, 3.05) is 20.2 Å². The smallest absolute Gasteiger partial charge is 0.337 e. The molecule has 1 aliphatic rings. The molecule has 2 amide bonds. The Morgan fingerprint density at radius 1 is 0.938 bits per heavy atom. The Morgan fingerprint density at radius 2 is 1.62 bits per heavy atom. The van der Waals surface area contributed by atoms with Gasteiger partial charge in [-0.15, -0.1) is 0 Å². The molecule has 1 N–H and O–H groups in total. The van der Waals surface area contributed by atoms with Crippen molar-refractivity contribution in [1.29, 1.82) is 0 Å². The lowest BCUT2D eigenvalue weighted by molar-refractivity contribution is -0.126. The van der Waals surface area contributed by atoms with Gasteiger partial charge >= 0.3 is 5.97 Å². The fraction of sp³-hybridized carbons (Fsp3) is 0.269. The van der Waals surface area contributed by atoms with Crippen LogP contribution in [0.15, 0.2) is 66.7 Å². The summed E-state index contributed by atoms with van der Waals surface area (Å²) < 4.78 is 4.69. The van der Waals surface area contributed by atoms with Gasteiger partial charge in [0, 0.05) is 31.1 Å². The Labute approximate surface area is 187 Å². The van der Waals surface area contributed by atoms with Gasteiger partial charge in [-0.05, 0) is 47.4 Å². The highest BCUT2D eigenvalue weighted by atomic mass is 16.5. The second-order valence-corrected chi connectivity index (χ2v) is 8.00. The normalized spacial score (nSPS) is 14.2. The SMILES string of the molecule is COC(=O)c1ccc(CNC(=O)C2CCN(C(=O)c3cccc4ccccc34)CC2)cc1. The Morgan fingerprint density at radius 3 is 2.34 bits per heavy atom. The molecule has 0 aromatic heterocycles. The largest absolute Gasteiger partial charge is 0.465 e. The first-order chi connectivity index (χ1) is 15.6. The maximum absolute atomic E-state index is 13.1. The number of amides is 2. The second-order valence-electron chi connectivity index (χ2n) is 8.00. The quantitative estimate of drug-likeness (QED) is 0.625. The van der Waals surface area contributed by atoms with Crippen molar-refractivity contribution in [2.24, 2.45) is 5.92 Å². The first kappa shape index (κ1) is 21.6. The highest BCUT2D eigenvalue weighted by Gasteiger charge is 2.28. The summed E-state index contributed by atoms with van der Waals surface area (Å²) in [5.41, 5.74) is 2.10. The van der Waals surface area contributed by atoms with E-state index in [1.54, 1.807) is 24.3 Å². The molecule has 0 saturated carbocycles. The van der Waals surface area contributed by atoms with Gasteiger partial charge < -0.3 is 15.0 Å². The van der Waals surface area contributed by atoms with Crippen molar-refractivity contribution >= 4 is 28.6 Å². The zero-order chi connectivity index (χ0) is 22.5. The molecule has 164 valence electrons. The summed E-state index contributed by atoms with van der Waals surface area (Å²) in [7, 11) is 1.34. The number of likely N-dealkylation sites (tertiary alicyclic amines) is 1. The van der Waals surface area contributed by atoms with Crippen molar-refractivity contribution in [3.8, 4) is 0 Å². The third kappa shape index (κ3) is 4.64. The van der Waals surface area contributed by atoms with Crippen molar-refractivity contribution in [3.63, 3.8) is 0 Å². The van der Waals surface area contributed by atoms with Crippen LogP contribution >= 0.6 is 0 Å². The van der Waals surface area contributed by atoms with E-state index in [2.05, 4.69) is 5.32 Å². The summed E-state index contributed by atoms with van der Waals surface area (Å²) in [5, 5.41) is 4.98. The van der Waals surface area contributed by atoms with Crippen LogP contribution in [-0.2, 0) is 16.1 Å². The van der Waals surface area contributed by atoms with Crippen molar-refractivity contribution in [2.45, 2.75) is 19.4 Å². The monoisotopic (exact) mass is 430 g/mol. The molecule has 0 aliphatic carbocycles. The molecule has 0 radical (unpaired) electrons. The summed E-state index contributed by atoms with van der Waals surface area (Å²) >= 11 is 0.